The van der Waals surface area contributed by atoms with Crippen molar-refractivity contribution < 1.29 is 14.6 Å². The molecule has 0 saturated heterocycles. The van der Waals surface area contributed by atoms with Gasteiger partial charge in [-0.1, -0.05) is 59.6 Å². The zero-order valence-electron chi connectivity index (χ0n) is 23.4. The number of hydrogen-bond acceptors (Lipinski definition) is 5. The van der Waals surface area contributed by atoms with E-state index in [0.29, 0.717) is 18.3 Å². The quantitative estimate of drug-likeness (QED) is 0.272. The number of unbranched alkanes of at least 4 members (excludes halogenated alkanes) is 1. The Hall–Kier alpha value is -1.96. The van der Waals surface area contributed by atoms with Gasteiger partial charge in [-0.25, -0.2) is 0 Å². The summed E-state index contributed by atoms with van der Waals surface area (Å²) in [7, 11) is 0. The molecule has 0 spiro atoms. The Morgan fingerprint density at radius 3 is 2.67 bits per heavy atom. The molecule has 0 aliphatic rings. The topological polar surface area (TPSA) is 102 Å². The summed E-state index contributed by atoms with van der Waals surface area (Å²) in [5, 5.41) is 19.3. The summed E-state index contributed by atoms with van der Waals surface area (Å²) in [6.07, 6.45) is 6.57. The number of rotatable bonds is 17. The maximum atomic E-state index is 12.6. The van der Waals surface area contributed by atoms with Crippen LogP contribution in [0.2, 0.25) is 0 Å². The highest BCUT2D eigenvalue weighted by molar-refractivity contribution is 5.81. The van der Waals surface area contributed by atoms with Crippen LogP contribution in [0.15, 0.2) is 24.4 Å². The van der Waals surface area contributed by atoms with Crippen LogP contribution >= 0.6 is 0 Å². The van der Waals surface area contributed by atoms with Crippen LogP contribution < -0.4 is 11.1 Å². The van der Waals surface area contributed by atoms with Gasteiger partial charge in [0, 0.05) is 43.1 Å². The van der Waals surface area contributed by atoms with Crippen molar-refractivity contribution >= 4 is 16.8 Å². The first kappa shape index (κ1) is 30.3. The largest absolute Gasteiger partial charge is 0.390 e. The molecule has 7 heteroatoms. The summed E-state index contributed by atoms with van der Waals surface area (Å²) in [4.78, 5) is 12.6. The van der Waals surface area contributed by atoms with E-state index in [0.717, 1.165) is 62.8 Å². The van der Waals surface area contributed by atoms with Crippen LogP contribution in [0.1, 0.15) is 79.2 Å². The number of carbonyl (C=O) groups is 1. The fourth-order valence-corrected chi connectivity index (χ4v) is 4.60. The third-order valence-electron chi connectivity index (χ3n) is 7.32. The molecule has 3 unspecified atom stereocenters. The minimum absolute atomic E-state index is 0.0196. The predicted molar refractivity (Wildman–Crippen MR) is 148 cm³/mol. The van der Waals surface area contributed by atoms with Crippen LogP contribution in [0, 0.1) is 17.3 Å². The van der Waals surface area contributed by atoms with Gasteiger partial charge in [0.25, 0.3) is 0 Å². The number of hydrogen-bond donors (Lipinski definition) is 3. The van der Waals surface area contributed by atoms with E-state index < -0.39 is 17.6 Å². The zero-order chi connectivity index (χ0) is 26.7. The first-order valence-electron chi connectivity index (χ1n) is 13.8. The predicted octanol–water partition coefficient (Wildman–Crippen LogP) is 4.69. The molecule has 0 fully saturated rings. The van der Waals surface area contributed by atoms with Gasteiger partial charge < -0.3 is 20.9 Å². The molecular formula is C29H50N4O3. The Morgan fingerprint density at radius 1 is 1.25 bits per heavy atom. The fourth-order valence-electron chi connectivity index (χ4n) is 4.60. The number of fused-ring (bicyclic) bond motifs is 1. The normalized spacial score (nSPS) is 14.8. The molecule has 1 amide bonds. The van der Waals surface area contributed by atoms with Gasteiger partial charge in [-0.2, -0.15) is 5.10 Å². The van der Waals surface area contributed by atoms with E-state index in [-0.39, 0.29) is 12.5 Å². The van der Waals surface area contributed by atoms with Gasteiger partial charge in [0.15, 0.2) is 0 Å². The van der Waals surface area contributed by atoms with Gasteiger partial charge in [0.05, 0.1) is 17.8 Å². The van der Waals surface area contributed by atoms with Crippen molar-refractivity contribution in [2.24, 2.45) is 23.0 Å². The van der Waals surface area contributed by atoms with Gasteiger partial charge >= 0.3 is 0 Å². The molecule has 0 saturated carbocycles. The van der Waals surface area contributed by atoms with Crippen molar-refractivity contribution in [1.82, 2.24) is 15.1 Å². The number of aryl methyl sites for hydroxylation is 1. The lowest BCUT2D eigenvalue weighted by atomic mass is 9.83. The minimum Gasteiger partial charge on any atom is -0.390 e. The first-order chi connectivity index (χ1) is 17.1. The van der Waals surface area contributed by atoms with Gasteiger partial charge in [-0.05, 0) is 56.1 Å². The van der Waals surface area contributed by atoms with Gasteiger partial charge in [0.1, 0.15) is 0 Å². The monoisotopic (exact) mass is 502 g/mol. The second kappa shape index (κ2) is 14.7. The van der Waals surface area contributed by atoms with Crippen molar-refractivity contribution in [3.63, 3.8) is 0 Å². The van der Waals surface area contributed by atoms with Crippen LogP contribution in [-0.4, -0.2) is 52.7 Å². The molecule has 0 aliphatic heterocycles. The Kier molecular flexibility index (Phi) is 12.4. The SMILES string of the molecule is CCCCC(C)(C)C(=O)NCC(O)C(N)CC(Cc1ccc2cnn(CCCOCC)c2c1)C(C)C. The Morgan fingerprint density at radius 2 is 2.00 bits per heavy atom. The van der Waals surface area contributed by atoms with Crippen molar-refractivity contribution in [2.45, 2.75) is 98.8 Å². The van der Waals surface area contributed by atoms with Crippen LogP contribution in [0.3, 0.4) is 0 Å². The van der Waals surface area contributed by atoms with E-state index in [2.05, 4.69) is 54.1 Å². The maximum Gasteiger partial charge on any atom is 0.225 e. The number of nitrogens with zero attached hydrogens (tertiary/aromatic N) is 2. The first-order valence-corrected chi connectivity index (χ1v) is 13.8. The maximum absolute atomic E-state index is 12.6. The molecule has 1 aromatic carbocycles. The van der Waals surface area contributed by atoms with E-state index in [1.54, 1.807) is 0 Å². The number of aromatic nitrogens is 2. The summed E-state index contributed by atoms with van der Waals surface area (Å²) in [6.45, 7) is 15.0. The summed E-state index contributed by atoms with van der Waals surface area (Å²) in [5.41, 5.74) is 8.39. The Labute approximate surface area is 218 Å². The summed E-state index contributed by atoms with van der Waals surface area (Å²) < 4.78 is 7.53. The number of benzene rings is 1. The third kappa shape index (κ3) is 9.16. The molecule has 2 aromatic rings. The second-order valence-corrected chi connectivity index (χ2v) is 11.2. The molecule has 1 aromatic heterocycles. The van der Waals surface area contributed by atoms with E-state index in [1.807, 2.05) is 27.0 Å². The van der Waals surface area contributed by atoms with E-state index in [9.17, 15) is 9.90 Å². The lowest BCUT2D eigenvalue weighted by molar-refractivity contribution is -0.130. The summed E-state index contributed by atoms with van der Waals surface area (Å²) >= 11 is 0. The van der Waals surface area contributed by atoms with Crippen molar-refractivity contribution in [2.75, 3.05) is 19.8 Å². The number of carbonyl (C=O) groups excluding carboxylic acids is 1. The van der Waals surface area contributed by atoms with Gasteiger partial charge in [-0.15, -0.1) is 0 Å². The number of aliphatic hydroxyl groups is 1. The molecule has 2 rings (SSSR count). The van der Waals surface area contributed by atoms with Crippen molar-refractivity contribution in [3.8, 4) is 0 Å². The second-order valence-electron chi connectivity index (χ2n) is 11.2. The van der Waals surface area contributed by atoms with Crippen molar-refractivity contribution in [3.05, 3.63) is 30.0 Å². The fraction of sp³-hybridized carbons (Fsp3) is 0.724. The molecule has 0 aliphatic carbocycles. The lowest BCUT2D eigenvalue weighted by Crippen LogP contribution is -2.47. The molecule has 1 heterocycles. The van der Waals surface area contributed by atoms with Gasteiger partial charge in [0.2, 0.25) is 5.91 Å². The molecule has 7 nitrogen and oxygen atoms in total. The molecule has 4 N–H and O–H groups in total. The summed E-state index contributed by atoms with van der Waals surface area (Å²) in [5.74, 6) is 0.713. The van der Waals surface area contributed by atoms with Crippen molar-refractivity contribution in [1.29, 1.82) is 0 Å². The molecule has 0 radical (unpaired) electrons. The molecule has 204 valence electrons. The highest BCUT2D eigenvalue weighted by atomic mass is 16.5. The van der Waals surface area contributed by atoms with Gasteiger partial charge in [-0.3, -0.25) is 9.48 Å². The standard InChI is InChI=1S/C29H50N4O3/c1-7-9-13-29(5,6)28(35)31-20-27(34)25(30)18-24(21(3)4)16-22-11-12-23-19-32-33(26(23)17-22)14-10-15-36-8-2/h11-12,17,19,21,24-25,27,34H,7-10,13-16,18,20,30H2,1-6H3,(H,31,35). The Balaban J connectivity index is 1.97. The third-order valence-corrected chi connectivity index (χ3v) is 7.32. The van der Waals surface area contributed by atoms with Crippen LogP contribution in [0.5, 0.6) is 0 Å². The highest BCUT2D eigenvalue weighted by Gasteiger charge is 2.28. The molecule has 0 bridgehead atoms. The van der Waals surface area contributed by atoms with E-state index in [4.69, 9.17) is 10.5 Å². The smallest absolute Gasteiger partial charge is 0.225 e. The number of ether oxygens (including phenoxy) is 1. The minimum atomic E-state index is -0.772. The molecular weight excluding hydrogens is 452 g/mol. The number of nitrogens with one attached hydrogen (secondary N) is 1. The van der Waals surface area contributed by atoms with Crippen LogP contribution in [-0.2, 0) is 22.5 Å². The number of nitrogens with two attached hydrogens (primary N) is 1. The van der Waals surface area contributed by atoms with Crippen LogP contribution in [0.4, 0.5) is 0 Å². The Bertz CT molecular complexity index is 924. The zero-order valence-corrected chi connectivity index (χ0v) is 23.4. The number of aliphatic hydroxyl groups excluding tert-OH is 1. The molecule has 3 atom stereocenters. The van der Waals surface area contributed by atoms with Crippen LogP contribution in [0.25, 0.3) is 10.9 Å². The van der Waals surface area contributed by atoms with E-state index in [1.165, 1.54) is 5.56 Å². The highest BCUT2D eigenvalue weighted by Crippen LogP contribution is 2.26. The average molecular weight is 503 g/mol. The van der Waals surface area contributed by atoms with E-state index >= 15 is 0 Å². The lowest BCUT2D eigenvalue weighted by Gasteiger charge is -2.29. The summed E-state index contributed by atoms with van der Waals surface area (Å²) in [6, 6.07) is 6.14. The molecule has 36 heavy (non-hydrogen) atoms. The average Bonchev–Trinajstić information content (AvgIpc) is 3.25. The number of amides is 1.